The Hall–Kier alpha value is -1.82. The lowest BCUT2D eigenvalue weighted by molar-refractivity contribution is 0.174. The Labute approximate surface area is 132 Å². The van der Waals surface area contributed by atoms with Crippen molar-refractivity contribution in [2.45, 2.75) is 38.6 Å². The third-order valence-electron chi connectivity index (χ3n) is 4.77. The molecule has 2 aromatic rings. The summed E-state index contributed by atoms with van der Waals surface area (Å²) in [5.74, 6) is 2.01. The van der Waals surface area contributed by atoms with E-state index >= 15 is 0 Å². The van der Waals surface area contributed by atoms with Gasteiger partial charge in [0, 0.05) is 12.1 Å². The normalized spacial score (nSPS) is 23.9. The standard InChI is InChI=1S/C16H18N2O3S/c1-9-2-4-10(5-3-9)18-15(19)11-6-13-14(21-8-20-13)7-12(11)17-16(18)22/h6-7,9-10H,2-5,8H2,1H3,(H,17,22). The predicted molar refractivity (Wildman–Crippen MR) is 86.2 cm³/mol. The van der Waals surface area contributed by atoms with E-state index < -0.39 is 0 Å². The van der Waals surface area contributed by atoms with Gasteiger partial charge in [-0.15, -0.1) is 0 Å². The average molecular weight is 318 g/mol. The second-order valence-electron chi connectivity index (χ2n) is 6.27. The van der Waals surface area contributed by atoms with Crippen molar-refractivity contribution >= 4 is 23.1 Å². The fraction of sp³-hybridized carbons (Fsp3) is 0.500. The summed E-state index contributed by atoms with van der Waals surface area (Å²) in [5, 5.41) is 0.608. The largest absolute Gasteiger partial charge is 0.454 e. The quantitative estimate of drug-likeness (QED) is 0.817. The second kappa shape index (κ2) is 5.12. The number of nitrogens with zero attached hydrogens (tertiary/aromatic N) is 1. The highest BCUT2D eigenvalue weighted by molar-refractivity contribution is 7.71. The highest BCUT2D eigenvalue weighted by Gasteiger charge is 2.23. The molecule has 116 valence electrons. The van der Waals surface area contributed by atoms with E-state index in [0.29, 0.717) is 27.2 Å². The van der Waals surface area contributed by atoms with Crippen molar-refractivity contribution in [3.63, 3.8) is 0 Å². The van der Waals surface area contributed by atoms with Crippen molar-refractivity contribution in [3.8, 4) is 11.5 Å². The summed E-state index contributed by atoms with van der Waals surface area (Å²) in [6.07, 6.45) is 4.30. The Balaban J connectivity index is 1.87. The van der Waals surface area contributed by atoms with Crippen molar-refractivity contribution in [3.05, 3.63) is 27.3 Å². The molecule has 1 aliphatic heterocycles. The predicted octanol–water partition coefficient (Wildman–Crippen LogP) is 3.54. The summed E-state index contributed by atoms with van der Waals surface area (Å²) in [4.78, 5) is 16.1. The summed E-state index contributed by atoms with van der Waals surface area (Å²) in [6, 6.07) is 3.75. The minimum Gasteiger partial charge on any atom is -0.454 e. The maximum absolute atomic E-state index is 12.9. The molecule has 0 radical (unpaired) electrons. The van der Waals surface area contributed by atoms with Crippen LogP contribution >= 0.6 is 12.2 Å². The lowest BCUT2D eigenvalue weighted by Gasteiger charge is -2.27. The monoisotopic (exact) mass is 318 g/mol. The van der Waals surface area contributed by atoms with Crippen LogP contribution < -0.4 is 15.0 Å². The zero-order valence-corrected chi connectivity index (χ0v) is 13.2. The Morgan fingerprint density at radius 2 is 1.86 bits per heavy atom. The van der Waals surface area contributed by atoms with E-state index in [1.807, 2.05) is 0 Å². The molecule has 1 fully saturated rings. The van der Waals surface area contributed by atoms with Gasteiger partial charge in [0.1, 0.15) is 0 Å². The molecule has 1 aliphatic carbocycles. The van der Waals surface area contributed by atoms with Gasteiger partial charge in [0.15, 0.2) is 16.3 Å². The molecule has 0 bridgehead atoms. The Morgan fingerprint density at radius 1 is 1.18 bits per heavy atom. The van der Waals surface area contributed by atoms with Crippen molar-refractivity contribution in [2.75, 3.05) is 6.79 Å². The van der Waals surface area contributed by atoms with Crippen LogP contribution in [-0.2, 0) is 0 Å². The van der Waals surface area contributed by atoms with Crippen molar-refractivity contribution in [1.29, 1.82) is 0 Å². The van der Waals surface area contributed by atoms with Crippen molar-refractivity contribution in [2.24, 2.45) is 5.92 Å². The first-order valence-electron chi connectivity index (χ1n) is 7.71. The first-order chi connectivity index (χ1) is 10.6. The van der Waals surface area contributed by atoms with E-state index in [1.165, 1.54) is 0 Å². The van der Waals surface area contributed by atoms with Crippen LogP contribution in [0.5, 0.6) is 11.5 Å². The van der Waals surface area contributed by atoms with E-state index in [1.54, 1.807) is 16.7 Å². The number of rotatable bonds is 1. The van der Waals surface area contributed by atoms with Gasteiger partial charge in [0.05, 0.1) is 10.9 Å². The first kappa shape index (κ1) is 13.8. The molecule has 0 saturated heterocycles. The molecule has 0 spiro atoms. The molecule has 1 aromatic heterocycles. The average Bonchev–Trinajstić information content (AvgIpc) is 2.95. The SMILES string of the molecule is CC1CCC(n2c(=S)[nH]c3cc4c(cc3c2=O)OCO4)CC1. The van der Waals surface area contributed by atoms with Crippen molar-refractivity contribution < 1.29 is 9.47 Å². The number of hydrogen-bond acceptors (Lipinski definition) is 4. The third kappa shape index (κ3) is 2.13. The lowest BCUT2D eigenvalue weighted by atomic mass is 9.87. The fourth-order valence-corrected chi connectivity index (χ4v) is 3.79. The van der Waals surface area contributed by atoms with E-state index in [-0.39, 0.29) is 18.4 Å². The summed E-state index contributed by atoms with van der Waals surface area (Å²) >= 11 is 5.44. The molecule has 0 unspecified atom stereocenters. The van der Waals surface area contributed by atoms with Crippen LogP contribution in [-0.4, -0.2) is 16.3 Å². The molecule has 5 nitrogen and oxygen atoms in total. The van der Waals surface area contributed by atoms with E-state index in [4.69, 9.17) is 21.7 Å². The maximum atomic E-state index is 12.9. The van der Waals surface area contributed by atoms with Gasteiger partial charge < -0.3 is 14.5 Å². The van der Waals surface area contributed by atoms with Crippen LogP contribution in [0.2, 0.25) is 0 Å². The highest BCUT2D eigenvalue weighted by Crippen LogP contribution is 2.35. The van der Waals surface area contributed by atoms with Crippen LogP contribution in [0.3, 0.4) is 0 Å². The van der Waals surface area contributed by atoms with E-state index in [0.717, 1.165) is 31.6 Å². The number of aromatic amines is 1. The van der Waals surface area contributed by atoms with Gasteiger partial charge >= 0.3 is 0 Å². The second-order valence-corrected chi connectivity index (χ2v) is 6.66. The molecule has 22 heavy (non-hydrogen) atoms. The number of ether oxygens (including phenoxy) is 2. The molecule has 6 heteroatoms. The van der Waals surface area contributed by atoms with Crippen LogP contribution in [0.25, 0.3) is 10.9 Å². The molecule has 1 aromatic carbocycles. The number of benzene rings is 1. The fourth-order valence-electron chi connectivity index (χ4n) is 3.45. The van der Waals surface area contributed by atoms with Crippen LogP contribution in [0.4, 0.5) is 0 Å². The summed E-state index contributed by atoms with van der Waals surface area (Å²) in [7, 11) is 0. The number of nitrogens with one attached hydrogen (secondary N) is 1. The molecule has 4 rings (SSSR count). The van der Waals surface area contributed by atoms with Crippen LogP contribution in [0.1, 0.15) is 38.6 Å². The molecular weight excluding hydrogens is 300 g/mol. The smallest absolute Gasteiger partial charge is 0.262 e. The van der Waals surface area contributed by atoms with Crippen LogP contribution in [0, 0.1) is 10.7 Å². The molecular formula is C16H18N2O3S. The molecule has 1 N–H and O–H groups in total. The van der Waals surface area contributed by atoms with Gasteiger partial charge in [0.2, 0.25) is 6.79 Å². The molecule has 1 saturated carbocycles. The number of H-pyrrole nitrogens is 1. The molecule has 0 amide bonds. The van der Waals surface area contributed by atoms with Gasteiger partial charge in [-0.2, -0.15) is 0 Å². The minimum absolute atomic E-state index is 0.0309. The maximum Gasteiger partial charge on any atom is 0.262 e. The summed E-state index contributed by atoms with van der Waals surface area (Å²) < 4.78 is 13.0. The number of aromatic nitrogens is 2. The minimum atomic E-state index is -0.0309. The Bertz CT molecular complexity index is 847. The van der Waals surface area contributed by atoms with Gasteiger partial charge in [-0.05, 0) is 49.9 Å². The third-order valence-corrected chi connectivity index (χ3v) is 5.07. The lowest BCUT2D eigenvalue weighted by Crippen LogP contribution is -2.29. The van der Waals surface area contributed by atoms with E-state index in [2.05, 4.69) is 11.9 Å². The Morgan fingerprint density at radius 3 is 2.59 bits per heavy atom. The van der Waals surface area contributed by atoms with Gasteiger partial charge in [-0.3, -0.25) is 9.36 Å². The number of hydrogen-bond donors (Lipinski definition) is 1. The molecule has 2 aliphatic rings. The zero-order valence-electron chi connectivity index (χ0n) is 12.4. The topological polar surface area (TPSA) is 56.2 Å². The first-order valence-corrected chi connectivity index (χ1v) is 8.12. The van der Waals surface area contributed by atoms with Gasteiger partial charge in [-0.1, -0.05) is 6.92 Å². The van der Waals surface area contributed by atoms with Crippen LogP contribution in [0.15, 0.2) is 16.9 Å². The zero-order chi connectivity index (χ0) is 15.3. The number of fused-ring (bicyclic) bond motifs is 2. The summed E-state index contributed by atoms with van der Waals surface area (Å²) in [5.41, 5.74) is 0.677. The van der Waals surface area contributed by atoms with Gasteiger partial charge in [-0.25, -0.2) is 0 Å². The van der Waals surface area contributed by atoms with Gasteiger partial charge in [0.25, 0.3) is 5.56 Å². The molecule has 0 atom stereocenters. The molecule has 2 heterocycles. The van der Waals surface area contributed by atoms with Crippen molar-refractivity contribution in [1.82, 2.24) is 9.55 Å². The highest BCUT2D eigenvalue weighted by atomic mass is 32.1. The Kier molecular flexibility index (Phi) is 3.22. The van der Waals surface area contributed by atoms with E-state index in [9.17, 15) is 4.79 Å². The summed E-state index contributed by atoms with van der Waals surface area (Å²) in [6.45, 7) is 2.46.